The number of ether oxygens (including phenoxy) is 1. The number of para-hydroxylation sites is 1. The first-order chi connectivity index (χ1) is 12.9. The van der Waals surface area contributed by atoms with Crippen LogP contribution in [0.2, 0.25) is 0 Å². The van der Waals surface area contributed by atoms with Crippen molar-refractivity contribution in [3.05, 3.63) is 29.8 Å². The molecule has 1 amide bonds. The van der Waals surface area contributed by atoms with Crippen LogP contribution in [-0.2, 0) is 14.8 Å². The van der Waals surface area contributed by atoms with Crippen molar-refractivity contribution in [3.63, 3.8) is 0 Å². The second-order valence-electron chi connectivity index (χ2n) is 7.83. The van der Waals surface area contributed by atoms with E-state index in [1.807, 2.05) is 43.0 Å². The lowest BCUT2D eigenvalue weighted by Crippen LogP contribution is -2.46. The fourth-order valence-corrected chi connectivity index (χ4v) is 5.72. The van der Waals surface area contributed by atoms with Crippen molar-refractivity contribution >= 4 is 15.9 Å². The highest BCUT2D eigenvalue weighted by molar-refractivity contribution is 7.89. The van der Waals surface area contributed by atoms with Gasteiger partial charge in [0.15, 0.2) is 6.61 Å². The summed E-state index contributed by atoms with van der Waals surface area (Å²) in [6.45, 7) is 6.49. The van der Waals surface area contributed by atoms with Gasteiger partial charge in [-0.25, -0.2) is 12.7 Å². The third-order valence-electron chi connectivity index (χ3n) is 5.88. The Morgan fingerprint density at radius 3 is 2.48 bits per heavy atom. The zero-order chi connectivity index (χ0) is 19.5. The first-order valence-electron chi connectivity index (χ1n) is 9.79. The molecular formula is C20H30N2O4S. The molecule has 1 aromatic rings. The van der Waals surface area contributed by atoms with E-state index in [4.69, 9.17) is 4.74 Å². The lowest BCUT2D eigenvalue weighted by atomic mass is 9.78. The van der Waals surface area contributed by atoms with Crippen molar-refractivity contribution in [2.45, 2.75) is 39.5 Å². The van der Waals surface area contributed by atoms with Gasteiger partial charge in [-0.2, -0.15) is 0 Å². The second-order valence-corrected chi connectivity index (χ2v) is 9.92. The number of nitrogens with zero attached hydrogens (tertiary/aromatic N) is 2. The molecule has 2 fully saturated rings. The number of hydrogen-bond acceptors (Lipinski definition) is 4. The summed E-state index contributed by atoms with van der Waals surface area (Å²) in [5, 5.41) is 0. The molecule has 0 aromatic heterocycles. The first kappa shape index (κ1) is 20.1. The van der Waals surface area contributed by atoms with Crippen LogP contribution in [0.1, 0.15) is 38.2 Å². The molecule has 1 spiro atoms. The highest BCUT2D eigenvalue weighted by atomic mass is 32.2. The number of rotatable bonds is 6. The molecule has 3 rings (SSSR count). The number of hydrogen-bond donors (Lipinski definition) is 0. The minimum Gasteiger partial charge on any atom is -0.484 e. The average molecular weight is 395 g/mol. The van der Waals surface area contributed by atoms with Crippen LogP contribution in [0.25, 0.3) is 0 Å². The summed E-state index contributed by atoms with van der Waals surface area (Å²) in [6, 6.07) is 7.68. The Bertz CT molecular complexity index is 770. The van der Waals surface area contributed by atoms with Crippen LogP contribution in [-0.4, -0.2) is 62.1 Å². The van der Waals surface area contributed by atoms with Gasteiger partial charge in [0.05, 0.1) is 5.75 Å². The van der Waals surface area contributed by atoms with Gasteiger partial charge in [-0.05, 0) is 49.7 Å². The third-order valence-corrected chi connectivity index (χ3v) is 7.90. The number of carbonyl (C=O) groups excluding carboxylic acids is 1. The van der Waals surface area contributed by atoms with Gasteiger partial charge in [-0.15, -0.1) is 0 Å². The first-order valence-corrected chi connectivity index (χ1v) is 11.4. The van der Waals surface area contributed by atoms with E-state index < -0.39 is 10.0 Å². The van der Waals surface area contributed by atoms with E-state index in [0.717, 1.165) is 30.6 Å². The summed E-state index contributed by atoms with van der Waals surface area (Å²) in [5.41, 5.74) is 1.05. The number of aryl methyl sites for hydroxylation is 1. The lowest BCUT2D eigenvalue weighted by molar-refractivity contribution is -0.135. The number of carbonyl (C=O) groups is 1. The Labute approximate surface area is 162 Å². The summed E-state index contributed by atoms with van der Waals surface area (Å²) in [5.74, 6) is 0.970. The Morgan fingerprint density at radius 2 is 1.81 bits per heavy atom. The monoisotopic (exact) mass is 394 g/mol. The zero-order valence-electron chi connectivity index (χ0n) is 16.3. The quantitative estimate of drug-likeness (QED) is 0.743. The predicted octanol–water partition coefficient (Wildman–Crippen LogP) is 2.43. The number of amides is 1. The van der Waals surface area contributed by atoms with Crippen LogP contribution in [0.4, 0.5) is 0 Å². The zero-order valence-corrected chi connectivity index (χ0v) is 17.1. The van der Waals surface area contributed by atoms with E-state index in [1.54, 1.807) is 4.31 Å². The Balaban J connectivity index is 1.50. The average Bonchev–Trinajstić information content (AvgIpc) is 3.06. The molecule has 2 heterocycles. The highest BCUT2D eigenvalue weighted by Gasteiger charge is 2.44. The predicted molar refractivity (Wildman–Crippen MR) is 105 cm³/mol. The third kappa shape index (κ3) is 4.63. The van der Waals surface area contributed by atoms with Gasteiger partial charge in [-0.1, -0.05) is 25.1 Å². The number of likely N-dealkylation sites (tertiary alicyclic amines) is 1. The summed E-state index contributed by atoms with van der Waals surface area (Å²) < 4.78 is 32.0. The SMILES string of the molecule is CCCS(=O)(=O)N1CCC2(CCN(C(=O)COc3ccccc3C)CC2)C1. The van der Waals surface area contributed by atoms with E-state index >= 15 is 0 Å². The van der Waals surface area contributed by atoms with Crippen LogP contribution >= 0.6 is 0 Å². The maximum Gasteiger partial charge on any atom is 0.260 e. The van der Waals surface area contributed by atoms with Crippen molar-refractivity contribution in [3.8, 4) is 5.75 Å². The number of benzene rings is 1. The maximum atomic E-state index is 12.5. The van der Waals surface area contributed by atoms with E-state index in [-0.39, 0.29) is 23.7 Å². The fraction of sp³-hybridized carbons (Fsp3) is 0.650. The van der Waals surface area contributed by atoms with Crippen molar-refractivity contribution in [1.82, 2.24) is 9.21 Å². The van der Waals surface area contributed by atoms with Crippen LogP contribution in [0.3, 0.4) is 0 Å². The minimum absolute atomic E-state index is 0.00145. The summed E-state index contributed by atoms with van der Waals surface area (Å²) in [6.07, 6.45) is 3.27. The van der Waals surface area contributed by atoms with Crippen LogP contribution in [0, 0.1) is 12.3 Å². The molecule has 2 aliphatic heterocycles. The standard InChI is InChI=1S/C20H30N2O4S/c1-3-14-27(24,25)22-13-10-20(16-22)8-11-21(12-9-20)19(23)15-26-18-7-5-4-6-17(18)2/h4-7H,3,8-16H2,1-2H3. The molecule has 0 unspecified atom stereocenters. The van der Waals surface area contributed by atoms with Gasteiger partial charge in [0.2, 0.25) is 10.0 Å². The van der Waals surface area contributed by atoms with Gasteiger partial charge in [0, 0.05) is 26.2 Å². The molecule has 150 valence electrons. The van der Waals surface area contributed by atoms with E-state index in [0.29, 0.717) is 32.6 Å². The maximum absolute atomic E-state index is 12.5. The largest absolute Gasteiger partial charge is 0.484 e. The van der Waals surface area contributed by atoms with E-state index in [1.165, 1.54) is 0 Å². The normalized spacial score (nSPS) is 20.1. The summed E-state index contributed by atoms with van der Waals surface area (Å²) in [7, 11) is -3.13. The van der Waals surface area contributed by atoms with Crippen molar-refractivity contribution in [2.75, 3.05) is 38.5 Å². The lowest BCUT2D eigenvalue weighted by Gasteiger charge is -2.39. The molecule has 0 saturated carbocycles. The topological polar surface area (TPSA) is 66.9 Å². The fourth-order valence-electron chi connectivity index (χ4n) is 4.11. The number of piperidine rings is 1. The Morgan fingerprint density at radius 1 is 1.15 bits per heavy atom. The molecule has 0 N–H and O–H groups in total. The Hall–Kier alpha value is -1.60. The van der Waals surface area contributed by atoms with Gasteiger partial charge in [-0.3, -0.25) is 4.79 Å². The van der Waals surface area contributed by atoms with Crippen LogP contribution in [0.5, 0.6) is 5.75 Å². The molecule has 6 nitrogen and oxygen atoms in total. The molecule has 0 atom stereocenters. The molecule has 2 aliphatic rings. The summed E-state index contributed by atoms with van der Waals surface area (Å²) >= 11 is 0. The van der Waals surface area contributed by atoms with Gasteiger partial charge in [0.25, 0.3) is 5.91 Å². The highest BCUT2D eigenvalue weighted by Crippen LogP contribution is 2.41. The van der Waals surface area contributed by atoms with Crippen molar-refractivity contribution in [1.29, 1.82) is 0 Å². The van der Waals surface area contributed by atoms with E-state index in [9.17, 15) is 13.2 Å². The van der Waals surface area contributed by atoms with Crippen molar-refractivity contribution in [2.24, 2.45) is 5.41 Å². The summed E-state index contributed by atoms with van der Waals surface area (Å²) in [4.78, 5) is 14.3. The van der Waals surface area contributed by atoms with Crippen LogP contribution < -0.4 is 4.74 Å². The smallest absolute Gasteiger partial charge is 0.260 e. The molecule has 0 bridgehead atoms. The molecule has 27 heavy (non-hydrogen) atoms. The van der Waals surface area contributed by atoms with E-state index in [2.05, 4.69) is 0 Å². The van der Waals surface area contributed by atoms with Crippen LogP contribution in [0.15, 0.2) is 24.3 Å². The van der Waals surface area contributed by atoms with Gasteiger partial charge >= 0.3 is 0 Å². The second kappa shape index (κ2) is 8.19. The molecule has 2 saturated heterocycles. The molecule has 0 radical (unpaired) electrons. The molecule has 1 aromatic carbocycles. The van der Waals surface area contributed by atoms with Gasteiger partial charge < -0.3 is 9.64 Å². The Kier molecular flexibility index (Phi) is 6.11. The molecular weight excluding hydrogens is 364 g/mol. The number of sulfonamides is 1. The molecule has 7 heteroatoms. The van der Waals surface area contributed by atoms with Crippen molar-refractivity contribution < 1.29 is 17.9 Å². The van der Waals surface area contributed by atoms with Gasteiger partial charge in [0.1, 0.15) is 5.75 Å². The minimum atomic E-state index is -3.13. The molecule has 0 aliphatic carbocycles.